The zero-order chi connectivity index (χ0) is 34.8. The van der Waals surface area contributed by atoms with E-state index in [0.29, 0.717) is 37.1 Å². The quantitative estimate of drug-likeness (QED) is 0.0577. The lowest BCUT2D eigenvalue weighted by Crippen LogP contribution is -2.08. The number of hydrogen-bond donors (Lipinski definition) is 1. The van der Waals surface area contributed by atoms with Gasteiger partial charge in [-0.05, 0) is 57.1 Å². The minimum Gasteiger partial charge on any atom is -0.490 e. The van der Waals surface area contributed by atoms with Crippen LogP contribution >= 0.6 is 0 Å². The molecule has 0 heterocycles. The van der Waals surface area contributed by atoms with Crippen molar-refractivity contribution < 1.29 is 24.1 Å². The molecule has 0 aliphatic carbocycles. The first-order chi connectivity index (χ1) is 23.6. The molecule has 0 amide bonds. The summed E-state index contributed by atoms with van der Waals surface area (Å²) in [6.45, 7) is 11.3. The van der Waals surface area contributed by atoms with Crippen LogP contribution in [0.25, 0.3) is 0 Å². The van der Waals surface area contributed by atoms with Crippen molar-refractivity contribution in [3.8, 4) is 17.2 Å². The Morgan fingerprint density at radius 3 is 1.29 bits per heavy atom. The van der Waals surface area contributed by atoms with Gasteiger partial charge in [0.25, 0.3) is 0 Å². The predicted octanol–water partition coefficient (Wildman–Crippen LogP) is 13.4. The van der Waals surface area contributed by atoms with Crippen LogP contribution in [0.3, 0.4) is 0 Å². The van der Waals surface area contributed by atoms with Gasteiger partial charge in [0, 0.05) is 0 Å². The highest BCUT2D eigenvalue weighted by molar-refractivity contribution is 5.89. The Hall–Kier alpha value is -2.95. The standard InChI is InChI=1S/C43H70O5/c1-4-7-10-13-16-19-22-25-28-31-34-46-40-37-39(43(44)45)38-41(47-35-32-29-26-23-20-17-14-11-8-5-2)42(40)48-36-33-30-27-24-21-18-15-12-9-6-3/h4-5,7-8,10-11,37-38H,1-2,6,9,12-36H2,3H3,(H,44,45)/b10-7+,11-8+. The molecule has 0 radical (unpaired) electrons. The Labute approximate surface area is 294 Å². The average Bonchev–Trinajstić information content (AvgIpc) is 3.08. The second-order valence-corrected chi connectivity index (χ2v) is 13.0. The fourth-order valence-corrected chi connectivity index (χ4v) is 5.71. The van der Waals surface area contributed by atoms with Crippen LogP contribution in [0.15, 0.2) is 61.7 Å². The summed E-state index contributed by atoms with van der Waals surface area (Å²) in [4.78, 5) is 12.0. The molecule has 1 aromatic carbocycles. The number of rotatable bonds is 35. The van der Waals surface area contributed by atoms with E-state index in [1.54, 1.807) is 12.1 Å². The van der Waals surface area contributed by atoms with E-state index in [1.165, 1.54) is 103 Å². The van der Waals surface area contributed by atoms with Crippen LogP contribution < -0.4 is 14.2 Å². The Morgan fingerprint density at radius 2 is 0.917 bits per heavy atom. The first-order valence-electron chi connectivity index (χ1n) is 19.5. The van der Waals surface area contributed by atoms with Gasteiger partial charge in [0.05, 0.1) is 25.4 Å². The molecule has 0 bridgehead atoms. The maximum atomic E-state index is 12.0. The summed E-state index contributed by atoms with van der Waals surface area (Å²) in [5.41, 5.74) is 0.169. The third-order valence-corrected chi connectivity index (χ3v) is 8.60. The molecule has 0 saturated carbocycles. The molecule has 48 heavy (non-hydrogen) atoms. The maximum Gasteiger partial charge on any atom is 0.335 e. The third-order valence-electron chi connectivity index (χ3n) is 8.60. The van der Waals surface area contributed by atoms with Crippen molar-refractivity contribution in [1.82, 2.24) is 0 Å². The van der Waals surface area contributed by atoms with Gasteiger partial charge in [0.1, 0.15) is 0 Å². The zero-order valence-corrected chi connectivity index (χ0v) is 30.7. The van der Waals surface area contributed by atoms with E-state index in [9.17, 15) is 9.90 Å². The van der Waals surface area contributed by atoms with Crippen LogP contribution in [-0.2, 0) is 0 Å². The first kappa shape index (κ1) is 43.1. The van der Waals surface area contributed by atoms with Crippen LogP contribution in [0.1, 0.15) is 171 Å². The van der Waals surface area contributed by atoms with Crippen LogP contribution in [-0.4, -0.2) is 30.9 Å². The molecule has 1 rings (SSSR count). The second-order valence-electron chi connectivity index (χ2n) is 13.0. The number of hydrogen-bond acceptors (Lipinski definition) is 4. The lowest BCUT2D eigenvalue weighted by Gasteiger charge is -2.18. The monoisotopic (exact) mass is 667 g/mol. The molecule has 5 nitrogen and oxygen atoms in total. The van der Waals surface area contributed by atoms with Crippen molar-refractivity contribution in [2.75, 3.05) is 19.8 Å². The molecule has 1 N–H and O–H groups in total. The highest BCUT2D eigenvalue weighted by Gasteiger charge is 2.19. The van der Waals surface area contributed by atoms with Crippen molar-refractivity contribution in [3.05, 3.63) is 67.3 Å². The SMILES string of the molecule is C=C/C=C/CCCCCCCCOc1cc(C(=O)O)cc(OCCCCCCCC/C=C/C=C)c1OCCCCCCCCCCCC. The summed E-state index contributed by atoms with van der Waals surface area (Å²) in [5, 5.41) is 9.85. The smallest absolute Gasteiger partial charge is 0.335 e. The lowest BCUT2D eigenvalue weighted by atomic mass is 10.1. The molecule has 0 aromatic heterocycles. The van der Waals surface area contributed by atoms with E-state index in [2.05, 4.69) is 32.2 Å². The Bertz CT molecular complexity index is 938. The summed E-state index contributed by atoms with van der Waals surface area (Å²) < 4.78 is 18.7. The van der Waals surface area contributed by atoms with Crippen LogP contribution in [0.5, 0.6) is 17.2 Å². The van der Waals surface area contributed by atoms with Gasteiger partial charge in [-0.1, -0.05) is 166 Å². The molecule has 0 unspecified atom stereocenters. The minimum atomic E-state index is -0.989. The van der Waals surface area contributed by atoms with E-state index in [1.807, 2.05) is 24.3 Å². The molecule has 0 saturated heterocycles. The highest BCUT2D eigenvalue weighted by Crippen LogP contribution is 2.39. The zero-order valence-electron chi connectivity index (χ0n) is 30.7. The first-order valence-corrected chi connectivity index (χ1v) is 19.5. The topological polar surface area (TPSA) is 65.0 Å². The van der Waals surface area contributed by atoms with E-state index in [4.69, 9.17) is 14.2 Å². The Balaban J connectivity index is 2.64. The second kappa shape index (κ2) is 32.6. The van der Waals surface area contributed by atoms with E-state index in [-0.39, 0.29) is 5.56 Å². The Kier molecular flexibility index (Phi) is 29.2. The van der Waals surface area contributed by atoms with Crippen molar-refractivity contribution in [3.63, 3.8) is 0 Å². The molecular formula is C43H70O5. The molecule has 1 aromatic rings. The third kappa shape index (κ3) is 24.2. The Morgan fingerprint density at radius 1 is 0.562 bits per heavy atom. The average molecular weight is 667 g/mol. The highest BCUT2D eigenvalue weighted by atomic mass is 16.5. The van der Waals surface area contributed by atoms with Gasteiger partial charge >= 0.3 is 5.97 Å². The van der Waals surface area contributed by atoms with Crippen molar-refractivity contribution >= 4 is 5.97 Å². The molecular weight excluding hydrogens is 596 g/mol. The number of aromatic carboxylic acids is 1. The predicted molar refractivity (Wildman–Crippen MR) is 205 cm³/mol. The number of carbonyl (C=O) groups is 1. The molecule has 272 valence electrons. The van der Waals surface area contributed by atoms with Gasteiger partial charge in [-0.2, -0.15) is 0 Å². The van der Waals surface area contributed by atoms with Crippen LogP contribution in [0, 0.1) is 0 Å². The summed E-state index contributed by atoms with van der Waals surface area (Å²) >= 11 is 0. The van der Waals surface area contributed by atoms with Crippen LogP contribution in [0.2, 0.25) is 0 Å². The molecule has 0 aliphatic heterocycles. The maximum absolute atomic E-state index is 12.0. The van der Waals surface area contributed by atoms with E-state index >= 15 is 0 Å². The number of carboxylic acid groups (broad SMARTS) is 1. The van der Waals surface area contributed by atoms with Gasteiger partial charge in [-0.3, -0.25) is 0 Å². The normalized spacial score (nSPS) is 11.4. The molecule has 0 atom stereocenters. The number of benzene rings is 1. The summed E-state index contributed by atoms with van der Waals surface area (Å²) in [6.07, 6.45) is 40.5. The van der Waals surface area contributed by atoms with Gasteiger partial charge in [-0.15, -0.1) is 0 Å². The van der Waals surface area contributed by atoms with Gasteiger partial charge in [0.15, 0.2) is 11.5 Å². The van der Waals surface area contributed by atoms with Crippen LogP contribution in [0.4, 0.5) is 0 Å². The molecule has 0 aliphatic rings. The lowest BCUT2D eigenvalue weighted by molar-refractivity contribution is 0.0695. The van der Waals surface area contributed by atoms with E-state index in [0.717, 1.165) is 51.4 Å². The van der Waals surface area contributed by atoms with Crippen molar-refractivity contribution in [1.29, 1.82) is 0 Å². The molecule has 0 spiro atoms. The molecule has 0 fully saturated rings. The van der Waals surface area contributed by atoms with Gasteiger partial charge in [-0.25, -0.2) is 4.79 Å². The van der Waals surface area contributed by atoms with Crippen molar-refractivity contribution in [2.45, 2.75) is 161 Å². The summed E-state index contributed by atoms with van der Waals surface area (Å²) in [6, 6.07) is 3.20. The summed E-state index contributed by atoms with van der Waals surface area (Å²) in [5.74, 6) is 0.529. The number of allylic oxidation sites excluding steroid dienone is 6. The van der Waals surface area contributed by atoms with Gasteiger partial charge < -0.3 is 19.3 Å². The van der Waals surface area contributed by atoms with Gasteiger partial charge in [0.2, 0.25) is 5.75 Å². The number of unbranched alkanes of at least 4 members (excludes halogenated alkanes) is 21. The fourth-order valence-electron chi connectivity index (χ4n) is 5.71. The number of ether oxygens (including phenoxy) is 3. The number of carboxylic acids is 1. The fraction of sp³-hybridized carbons (Fsp3) is 0.651. The minimum absolute atomic E-state index is 0.169. The summed E-state index contributed by atoms with van der Waals surface area (Å²) in [7, 11) is 0. The van der Waals surface area contributed by atoms with Crippen molar-refractivity contribution in [2.24, 2.45) is 0 Å². The van der Waals surface area contributed by atoms with E-state index < -0.39 is 5.97 Å². The largest absolute Gasteiger partial charge is 0.490 e. The molecule has 5 heteroatoms.